The summed E-state index contributed by atoms with van der Waals surface area (Å²) >= 11 is 0. The van der Waals surface area contributed by atoms with E-state index in [0.29, 0.717) is 5.92 Å². The highest BCUT2D eigenvalue weighted by atomic mass is 16.2. The van der Waals surface area contributed by atoms with E-state index in [2.05, 4.69) is 33.8 Å². The first-order valence-electron chi connectivity index (χ1n) is 10.6. The van der Waals surface area contributed by atoms with Crippen LogP contribution in [0.15, 0.2) is 24.5 Å². The van der Waals surface area contributed by atoms with Gasteiger partial charge in [-0.2, -0.15) is 0 Å². The molecule has 0 aliphatic carbocycles. The van der Waals surface area contributed by atoms with Gasteiger partial charge in [-0.05, 0) is 64.5 Å². The Labute approximate surface area is 169 Å². The summed E-state index contributed by atoms with van der Waals surface area (Å²) < 4.78 is 0. The van der Waals surface area contributed by atoms with Gasteiger partial charge in [-0.3, -0.25) is 9.78 Å². The van der Waals surface area contributed by atoms with Gasteiger partial charge >= 0.3 is 0 Å². The van der Waals surface area contributed by atoms with Crippen molar-refractivity contribution in [3.8, 4) is 0 Å². The Hall–Kier alpha value is -1.70. The van der Waals surface area contributed by atoms with Crippen LogP contribution in [0.3, 0.4) is 0 Å². The number of piperidine rings is 1. The lowest BCUT2D eigenvalue weighted by molar-refractivity contribution is -0.133. The van der Waals surface area contributed by atoms with Crippen molar-refractivity contribution in [2.24, 2.45) is 11.7 Å². The van der Waals surface area contributed by atoms with Crippen molar-refractivity contribution < 1.29 is 4.79 Å². The molecule has 0 aromatic carbocycles. The summed E-state index contributed by atoms with van der Waals surface area (Å²) in [7, 11) is 4.24. The van der Waals surface area contributed by atoms with Crippen LogP contribution in [0.2, 0.25) is 0 Å². The van der Waals surface area contributed by atoms with Crippen molar-refractivity contribution in [2.45, 2.75) is 25.3 Å². The maximum absolute atomic E-state index is 12.8. The molecule has 7 heteroatoms. The Morgan fingerprint density at radius 2 is 1.79 bits per heavy atom. The van der Waals surface area contributed by atoms with Crippen LogP contribution in [-0.2, 0) is 4.79 Å². The molecule has 1 amide bonds. The Morgan fingerprint density at radius 3 is 2.39 bits per heavy atom. The van der Waals surface area contributed by atoms with Gasteiger partial charge in [0.05, 0.1) is 6.04 Å². The second-order valence-electron chi connectivity index (χ2n) is 8.45. The molecule has 28 heavy (non-hydrogen) atoms. The molecule has 7 nitrogen and oxygen atoms in total. The van der Waals surface area contributed by atoms with E-state index in [1.165, 1.54) is 5.69 Å². The molecule has 1 atom stereocenters. The van der Waals surface area contributed by atoms with Crippen molar-refractivity contribution in [2.75, 3.05) is 71.4 Å². The van der Waals surface area contributed by atoms with E-state index < -0.39 is 0 Å². The van der Waals surface area contributed by atoms with Crippen LogP contribution in [0.5, 0.6) is 0 Å². The molecule has 2 N–H and O–H groups in total. The highest BCUT2D eigenvalue weighted by molar-refractivity contribution is 5.82. The molecule has 156 valence electrons. The molecule has 2 saturated heterocycles. The molecule has 1 aromatic heterocycles. The van der Waals surface area contributed by atoms with Gasteiger partial charge in [-0.1, -0.05) is 0 Å². The molecule has 1 unspecified atom stereocenters. The lowest BCUT2D eigenvalue weighted by atomic mass is 9.90. The first-order chi connectivity index (χ1) is 13.5. The van der Waals surface area contributed by atoms with Gasteiger partial charge in [0.1, 0.15) is 0 Å². The van der Waals surface area contributed by atoms with Gasteiger partial charge in [-0.25, -0.2) is 0 Å². The Bertz CT molecular complexity index is 594. The van der Waals surface area contributed by atoms with E-state index >= 15 is 0 Å². The summed E-state index contributed by atoms with van der Waals surface area (Å²) in [6.07, 6.45) is 6.77. The molecule has 0 bridgehead atoms. The molecule has 2 aliphatic heterocycles. The summed E-state index contributed by atoms with van der Waals surface area (Å²) in [5.74, 6) is 0.706. The number of nitrogens with two attached hydrogens (primary N) is 1. The predicted molar refractivity (Wildman–Crippen MR) is 113 cm³/mol. The summed E-state index contributed by atoms with van der Waals surface area (Å²) in [5.41, 5.74) is 7.50. The lowest BCUT2D eigenvalue weighted by Crippen LogP contribution is -2.53. The maximum atomic E-state index is 12.8. The van der Waals surface area contributed by atoms with Crippen molar-refractivity contribution in [1.29, 1.82) is 0 Å². The number of likely N-dealkylation sites (N-methyl/N-ethyl adjacent to an activating group) is 1. The van der Waals surface area contributed by atoms with Crippen LogP contribution in [0.4, 0.5) is 5.69 Å². The molecule has 0 saturated carbocycles. The minimum Gasteiger partial charge on any atom is -0.368 e. The topological polar surface area (TPSA) is 68.9 Å². The SMILES string of the molecule is CN(C)CCN1CCC(CC(N)C(=O)N2CCN(c3ccncc3)CC2)CC1. The van der Waals surface area contributed by atoms with E-state index in [1.54, 1.807) is 0 Å². The largest absolute Gasteiger partial charge is 0.368 e. The summed E-state index contributed by atoms with van der Waals surface area (Å²) in [4.78, 5) is 25.9. The summed E-state index contributed by atoms with van der Waals surface area (Å²) in [6, 6.07) is 3.69. The standard InChI is InChI=1S/C21H36N6O/c1-24(2)11-12-25-9-5-18(6-10-25)17-20(22)21(28)27-15-13-26(14-16-27)19-3-7-23-8-4-19/h3-4,7-8,18,20H,5-6,9-17,22H2,1-2H3. The van der Waals surface area contributed by atoms with Gasteiger partial charge in [-0.15, -0.1) is 0 Å². The number of piperazine rings is 1. The Balaban J connectivity index is 1.38. The summed E-state index contributed by atoms with van der Waals surface area (Å²) in [6.45, 7) is 7.70. The van der Waals surface area contributed by atoms with Crippen LogP contribution in [-0.4, -0.2) is 98.1 Å². The molecule has 3 heterocycles. The van der Waals surface area contributed by atoms with Crippen molar-refractivity contribution >= 4 is 11.6 Å². The number of likely N-dealkylation sites (tertiary alicyclic amines) is 1. The van der Waals surface area contributed by atoms with Crippen LogP contribution in [0.25, 0.3) is 0 Å². The monoisotopic (exact) mass is 388 g/mol. The number of pyridine rings is 1. The van der Waals surface area contributed by atoms with Gasteiger partial charge in [0.2, 0.25) is 5.91 Å². The van der Waals surface area contributed by atoms with E-state index in [0.717, 1.165) is 71.6 Å². The highest BCUT2D eigenvalue weighted by Gasteiger charge is 2.28. The summed E-state index contributed by atoms with van der Waals surface area (Å²) in [5, 5.41) is 0. The predicted octanol–water partition coefficient (Wildman–Crippen LogP) is 0.721. The van der Waals surface area contributed by atoms with Gasteiger partial charge in [0, 0.05) is 57.3 Å². The zero-order valence-corrected chi connectivity index (χ0v) is 17.5. The molecule has 2 fully saturated rings. The first kappa shape index (κ1) is 21.0. The number of anilines is 1. The smallest absolute Gasteiger partial charge is 0.239 e. The fourth-order valence-corrected chi connectivity index (χ4v) is 4.22. The minimum atomic E-state index is -0.356. The fourth-order valence-electron chi connectivity index (χ4n) is 4.22. The zero-order chi connectivity index (χ0) is 19.9. The average Bonchev–Trinajstić information content (AvgIpc) is 2.73. The number of aromatic nitrogens is 1. The van der Waals surface area contributed by atoms with Gasteiger partial charge in [0.25, 0.3) is 0 Å². The third kappa shape index (κ3) is 5.90. The molecule has 3 rings (SSSR count). The number of hydrogen-bond donors (Lipinski definition) is 1. The van der Waals surface area contributed by atoms with Crippen LogP contribution in [0, 0.1) is 5.92 Å². The van der Waals surface area contributed by atoms with E-state index in [-0.39, 0.29) is 11.9 Å². The third-order valence-corrected chi connectivity index (χ3v) is 6.09. The average molecular weight is 389 g/mol. The van der Waals surface area contributed by atoms with Crippen LogP contribution >= 0.6 is 0 Å². The van der Waals surface area contributed by atoms with Crippen LogP contribution in [0.1, 0.15) is 19.3 Å². The number of rotatable bonds is 7. The van der Waals surface area contributed by atoms with Crippen molar-refractivity contribution in [3.05, 3.63) is 24.5 Å². The number of nitrogens with zero attached hydrogens (tertiary/aromatic N) is 5. The quantitative estimate of drug-likeness (QED) is 0.742. The maximum Gasteiger partial charge on any atom is 0.239 e. The van der Waals surface area contributed by atoms with Gasteiger partial charge in [0.15, 0.2) is 0 Å². The normalized spacial score (nSPS) is 20.6. The molecular formula is C21H36N6O. The highest BCUT2D eigenvalue weighted by Crippen LogP contribution is 2.22. The molecule has 0 spiro atoms. The number of amides is 1. The molecule has 0 radical (unpaired) electrons. The van der Waals surface area contributed by atoms with E-state index in [4.69, 9.17) is 5.73 Å². The minimum absolute atomic E-state index is 0.129. The Kier molecular flexibility index (Phi) is 7.65. The van der Waals surface area contributed by atoms with Crippen molar-refractivity contribution in [3.63, 3.8) is 0 Å². The lowest BCUT2D eigenvalue weighted by Gasteiger charge is -2.38. The van der Waals surface area contributed by atoms with E-state index in [1.807, 2.05) is 29.4 Å². The number of hydrogen-bond acceptors (Lipinski definition) is 6. The Morgan fingerprint density at radius 1 is 1.14 bits per heavy atom. The first-order valence-corrected chi connectivity index (χ1v) is 10.6. The van der Waals surface area contributed by atoms with E-state index in [9.17, 15) is 4.79 Å². The number of carbonyl (C=O) groups excluding carboxylic acids is 1. The third-order valence-electron chi connectivity index (χ3n) is 6.09. The second-order valence-corrected chi connectivity index (χ2v) is 8.45. The molecule has 2 aliphatic rings. The second kappa shape index (κ2) is 10.2. The van der Waals surface area contributed by atoms with Crippen molar-refractivity contribution in [1.82, 2.24) is 19.7 Å². The fraction of sp³-hybridized carbons (Fsp3) is 0.714. The zero-order valence-electron chi connectivity index (χ0n) is 17.5. The molecule has 1 aromatic rings. The van der Waals surface area contributed by atoms with Crippen LogP contribution < -0.4 is 10.6 Å². The number of carbonyl (C=O) groups is 1. The molecular weight excluding hydrogens is 352 g/mol. The van der Waals surface area contributed by atoms with Gasteiger partial charge < -0.3 is 25.3 Å².